The molecule has 0 bridgehead atoms. The van der Waals surface area contributed by atoms with E-state index in [2.05, 4.69) is 20.9 Å². The molecule has 2 aromatic rings. The molecule has 0 saturated carbocycles. The Balaban J connectivity index is 2.61. The van der Waals surface area contributed by atoms with Crippen LogP contribution in [0.5, 0.6) is 0 Å². The highest BCUT2D eigenvalue weighted by atomic mass is 79.9. The number of aromatic nitrogens is 1. The number of hydrogen-bond donors (Lipinski definition) is 0. The van der Waals surface area contributed by atoms with Crippen LogP contribution in [0.2, 0.25) is 0 Å². The average molecular weight is 312 g/mol. The van der Waals surface area contributed by atoms with Crippen molar-refractivity contribution in [3.05, 3.63) is 47.1 Å². The van der Waals surface area contributed by atoms with E-state index in [1.807, 2.05) is 30.3 Å². The molecule has 0 radical (unpaired) electrons. The molecule has 88 valence electrons. The van der Waals surface area contributed by atoms with E-state index in [9.17, 15) is 8.42 Å². The summed E-state index contributed by atoms with van der Waals surface area (Å²) < 4.78 is 23.5. The van der Waals surface area contributed by atoms with Gasteiger partial charge in [0.1, 0.15) is 4.60 Å². The fraction of sp³-hybridized carbons (Fsp3) is 0.0833. The maximum atomic E-state index is 11.5. The third-order valence-electron chi connectivity index (χ3n) is 2.26. The van der Waals surface area contributed by atoms with Crippen LogP contribution in [0.15, 0.2) is 52.1 Å². The predicted octanol–water partition coefficient (Wildman–Crippen LogP) is 2.91. The van der Waals surface area contributed by atoms with Crippen LogP contribution in [0, 0.1) is 0 Å². The third kappa shape index (κ3) is 2.92. The molecule has 0 unspecified atom stereocenters. The molecule has 0 atom stereocenters. The van der Waals surface area contributed by atoms with Crippen LogP contribution in [0.3, 0.4) is 0 Å². The van der Waals surface area contributed by atoms with E-state index in [0.29, 0.717) is 4.60 Å². The van der Waals surface area contributed by atoms with Crippen molar-refractivity contribution in [3.63, 3.8) is 0 Å². The average Bonchev–Trinajstić information content (AvgIpc) is 2.28. The molecule has 0 saturated heterocycles. The molecule has 0 fully saturated rings. The van der Waals surface area contributed by atoms with E-state index in [0.717, 1.165) is 17.4 Å². The van der Waals surface area contributed by atoms with Gasteiger partial charge in [-0.1, -0.05) is 30.3 Å². The fourth-order valence-corrected chi connectivity index (χ4v) is 2.62. The van der Waals surface area contributed by atoms with E-state index in [1.165, 1.54) is 0 Å². The highest BCUT2D eigenvalue weighted by Gasteiger charge is 2.11. The van der Waals surface area contributed by atoms with Crippen LogP contribution in [0.25, 0.3) is 11.1 Å². The van der Waals surface area contributed by atoms with Gasteiger partial charge in [-0.15, -0.1) is 0 Å². The Morgan fingerprint density at radius 2 is 1.71 bits per heavy atom. The molecule has 1 aromatic carbocycles. The van der Waals surface area contributed by atoms with Gasteiger partial charge in [-0.25, -0.2) is 13.4 Å². The lowest BCUT2D eigenvalue weighted by Gasteiger charge is -2.05. The number of sulfone groups is 1. The van der Waals surface area contributed by atoms with Crippen LogP contribution >= 0.6 is 15.9 Å². The van der Waals surface area contributed by atoms with E-state index < -0.39 is 9.84 Å². The Morgan fingerprint density at radius 3 is 2.29 bits per heavy atom. The first-order valence-electron chi connectivity index (χ1n) is 4.90. The monoisotopic (exact) mass is 311 g/mol. The van der Waals surface area contributed by atoms with Gasteiger partial charge >= 0.3 is 0 Å². The van der Waals surface area contributed by atoms with Gasteiger partial charge in [0.25, 0.3) is 0 Å². The van der Waals surface area contributed by atoms with Crippen molar-refractivity contribution in [2.45, 2.75) is 5.03 Å². The minimum absolute atomic E-state index is 0.0747. The Bertz CT molecular complexity index is 639. The van der Waals surface area contributed by atoms with Crippen LogP contribution in [0.4, 0.5) is 0 Å². The van der Waals surface area contributed by atoms with Crippen molar-refractivity contribution in [1.29, 1.82) is 0 Å². The summed E-state index contributed by atoms with van der Waals surface area (Å²) in [6, 6.07) is 13.0. The van der Waals surface area contributed by atoms with E-state index in [1.54, 1.807) is 12.1 Å². The first kappa shape index (κ1) is 12.3. The summed E-state index contributed by atoms with van der Waals surface area (Å²) >= 11 is 3.23. The minimum atomic E-state index is -3.30. The van der Waals surface area contributed by atoms with Crippen molar-refractivity contribution in [3.8, 4) is 11.1 Å². The molecule has 0 N–H and O–H groups in total. The lowest BCUT2D eigenvalue weighted by molar-refractivity contribution is 0.598. The summed E-state index contributed by atoms with van der Waals surface area (Å²) in [5.74, 6) is 0. The molecule has 5 heteroatoms. The van der Waals surface area contributed by atoms with Crippen LogP contribution in [0.1, 0.15) is 0 Å². The molecule has 2 rings (SSSR count). The molecule has 0 spiro atoms. The number of halogens is 1. The van der Waals surface area contributed by atoms with Gasteiger partial charge in [0.05, 0.1) is 0 Å². The molecule has 1 aromatic heterocycles. The van der Waals surface area contributed by atoms with Gasteiger partial charge in [-0.3, -0.25) is 0 Å². The maximum absolute atomic E-state index is 11.5. The summed E-state index contributed by atoms with van der Waals surface area (Å²) in [5, 5.41) is 0.0747. The van der Waals surface area contributed by atoms with Crippen molar-refractivity contribution in [2.24, 2.45) is 0 Å². The highest BCUT2D eigenvalue weighted by molar-refractivity contribution is 9.10. The summed E-state index contributed by atoms with van der Waals surface area (Å²) in [6.07, 6.45) is 1.15. The van der Waals surface area contributed by atoms with Crippen molar-refractivity contribution >= 4 is 25.8 Å². The smallest absolute Gasteiger partial charge is 0.192 e. The van der Waals surface area contributed by atoms with Gasteiger partial charge in [-0.2, -0.15) is 0 Å². The second-order valence-corrected chi connectivity index (χ2v) is 6.43. The van der Waals surface area contributed by atoms with Crippen molar-refractivity contribution in [2.75, 3.05) is 6.26 Å². The Morgan fingerprint density at radius 1 is 1.06 bits per heavy atom. The third-order valence-corrected chi connectivity index (χ3v) is 3.63. The predicted molar refractivity (Wildman–Crippen MR) is 70.5 cm³/mol. The standard InChI is InChI=1S/C12H10BrNO2S/c1-17(15,16)12-8-10(7-11(13)14-12)9-5-3-2-4-6-9/h2-8H,1H3. The Hall–Kier alpha value is -1.20. The lowest BCUT2D eigenvalue weighted by atomic mass is 10.1. The van der Waals surface area contributed by atoms with Crippen molar-refractivity contribution in [1.82, 2.24) is 4.98 Å². The topological polar surface area (TPSA) is 47.0 Å². The van der Waals surface area contributed by atoms with Gasteiger partial charge < -0.3 is 0 Å². The van der Waals surface area contributed by atoms with E-state index in [4.69, 9.17) is 0 Å². The van der Waals surface area contributed by atoms with Gasteiger partial charge in [0.2, 0.25) is 0 Å². The fourth-order valence-electron chi connectivity index (χ4n) is 1.46. The number of nitrogens with zero attached hydrogens (tertiary/aromatic N) is 1. The zero-order chi connectivity index (χ0) is 12.5. The van der Waals surface area contributed by atoms with E-state index in [-0.39, 0.29) is 5.03 Å². The number of rotatable bonds is 2. The maximum Gasteiger partial charge on any atom is 0.192 e. The molecule has 3 nitrogen and oxygen atoms in total. The normalized spacial score (nSPS) is 11.4. The molecule has 1 heterocycles. The number of hydrogen-bond acceptors (Lipinski definition) is 3. The van der Waals surface area contributed by atoms with E-state index >= 15 is 0 Å². The highest BCUT2D eigenvalue weighted by Crippen LogP contribution is 2.24. The molecule has 0 amide bonds. The SMILES string of the molecule is CS(=O)(=O)c1cc(-c2ccccc2)cc(Br)n1. The molecule has 0 aliphatic carbocycles. The zero-order valence-electron chi connectivity index (χ0n) is 9.09. The first-order chi connectivity index (χ1) is 7.97. The van der Waals surface area contributed by atoms with Gasteiger partial charge in [0, 0.05) is 6.26 Å². The number of benzene rings is 1. The lowest BCUT2D eigenvalue weighted by Crippen LogP contribution is -2.01. The van der Waals surface area contributed by atoms with Gasteiger partial charge in [-0.05, 0) is 39.2 Å². The summed E-state index contributed by atoms with van der Waals surface area (Å²) in [5.41, 5.74) is 1.79. The van der Waals surface area contributed by atoms with Crippen LogP contribution < -0.4 is 0 Å². The minimum Gasteiger partial charge on any atom is -0.229 e. The second-order valence-electron chi connectivity index (χ2n) is 3.65. The zero-order valence-corrected chi connectivity index (χ0v) is 11.5. The molecule has 17 heavy (non-hydrogen) atoms. The Labute approximate surface area is 109 Å². The summed E-state index contributed by atoms with van der Waals surface area (Å²) in [4.78, 5) is 3.96. The molecular weight excluding hydrogens is 302 g/mol. The first-order valence-corrected chi connectivity index (χ1v) is 7.58. The van der Waals surface area contributed by atoms with Crippen molar-refractivity contribution < 1.29 is 8.42 Å². The second kappa shape index (κ2) is 4.58. The van der Waals surface area contributed by atoms with Crippen LogP contribution in [-0.4, -0.2) is 19.7 Å². The largest absolute Gasteiger partial charge is 0.229 e. The Kier molecular flexibility index (Phi) is 3.31. The summed E-state index contributed by atoms with van der Waals surface area (Å²) in [7, 11) is -3.30. The quantitative estimate of drug-likeness (QED) is 0.801. The van der Waals surface area contributed by atoms with Gasteiger partial charge in [0.15, 0.2) is 14.9 Å². The molecule has 0 aliphatic heterocycles. The molecular formula is C12H10BrNO2S. The number of pyridine rings is 1. The van der Waals surface area contributed by atoms with Crippen LogP contribution in [-0.2, 0) is 9.84 Å². The molecule has 0 aliphatic rings. The summed E-state index contributed by atoms with van der Waals surface area (Å²) in [6.45, 7) is 0.